The zero-order valence-electron chi connectivity index (χ0n) is 10.9. The summed E-state index contributed by atoms with van der Waals surface area (Å²) >= 11 is 4.12. The van der Waals surface area contributed by atoms with Gasteiger partial charge in [0, 0.05) is 12.3 Å². The quantitative estimate of drug-likeness (QED) is 0.629. The van der Waals surface area contributed by atoms with Crippen molar-refractivity contribution in [3.05, 3.63) is 35.7 Å². The number of alkyl halides is 7. The van der Waals surface area contributed by atoms with Crippen molar-refractivity contribution in [1.29, 1.82) is 0 Å². The van der Waals surface area contributed by atoms with Gasteiger partial charge in [0.15, 0.2) is 0 Å². The van der Waals surface area contributed by atoms with Crippen LogP contribution < -0.4 is 5.32 Å². The molecule has 0 aliphatic carbocycles. The van der Waals surface area contributed by atoms with Gasteiger partial charge in [-0.05, 0) is 36.2 Å². The number of carbonyl (C=O) groups is 1. The van der Waals surface area contributed by atoms with Crippen LogP contribution in [0.4, 0.5) is 26.3 Å². The van der Waals surface area contributed by atoms with Gasteiger partial charge in [0.2, 0.25) is 5.91 Å². The van der Waals surface area contributed by atoms with E-state index in [2.05, 4.69) is 16.9 Å². The molecular weight excluding hydrogens is 338 g/mol. The molecule has 1 atom stereocenters. The minimum atomic E-state index is -5.89. The molecule has 0 radical (unpaired) electrons. The SMILES string of the molecule is CC1=CC2NC(=O)C=C(C(F)(F)C(F)(F)C(F)(F)Cl)N2C=C1. The lowest BCUT2D eigenvalue weighted by Crippen LogP contribution is -2.59. The summed E-state index contributed by atoms with van der Waals surface area (Å²) in [7, 11) is 0. The van der Waals surface area contributed by atoms with E-state index in [-0.39, 0.29) is 6.08 Å². The topological polar surface area (TPSA) is 32.3 Å². The Morgan fingerprint density at radius 3 is 2.36 bits per heavy atom. The van der Waals surface area contributed by atoms with Gasteiger partial charge < -0.3 is 10.2 Å². The zero-order valence-corrected chi connectivity index (χ0v) is 11.6. The van der Waals surface area contributed by atoms with Crippen LogP contribution >= 0.6 is 11.6 Å². The van der Waals surface area contributed by atoms with E-state index in [4.69, 9.17) is 0 Å². The Hall–Kier alpha value is -1.64. The van der Waals surface area contributed by atoms with Crippen LogP contribution in [0.3, 0.4) is 0 Å². The van der Waals surface area contributed by atoms with Crippen molar-refractivity contribution >= 4 is 17.5 Å². The predicted octanol–water partition coefficient (Wildman–Crippen LogP) is 3.20. The molecule has 0 aromatic carbocycles. The second kappa shape index (κ2) is 4.94. The van der Waals surface area contributed by atoms with Crippen LogP contribution in [-0.2, 0) is 4.79 Å². The molecule has 3 nitrogen and oxygen atoms in total. The molecule has 0 fully saturated rings. The summed E-state index contributed by atoms with van der Waals surface area (Å²) in [6, 6.07) is 0. The predicted molar refractivity (Wildman–Crippen MR) is 65.4 cm³/mol. The summed E-state index contributed by atoms with van der Waals surface area (Å²) in [5, 5.41) is -3.27. The van der Waals surface area contributed by atoms with E-state index in [9.17, 15) is 31.1 Å². The lowest BCUT2D eigenvalue weighted by Gasteiger charge is -2.41. The highest BCUT2D eigenvalue weighted by Gasteiger charge is 2.73. The van der Waals surface area contributed by atoms with Crippen molar-refractivity contribution in [3.63, 3.8) is 0 Å². The Bertz CT molecular complexity index is 593. The molecule has 2 aliphatic rings. The average Bonchev–Trinajstić information content (AvgIpc) is 2.35. The Morgan fingerprint density at radius 2 is 1.82 bits per heavy atom. The third-order valence-corrected chi connectivity index (χ3v) is 3.36. The van der Waals surface area contributed by atoms with E-state index >= 15 is 0 Å². The maximum absolute atomic E-state index is 14.0. The van der Waals surface area contributed by atoms with E-state index in [1.807, 2.05) is 0 Å². The molecule has 2 rings (SSSR count). The summed E-state index contributed by atoms with van der Waals surface area (Å²) in [6.45, 7) is 1.58. The standard InChI is InChI=1S/C12H9ClF6N2O/c1-6-2-3-21-7(5-9(22)20-8(21)4-6)10(14,15)11(16,17)12(13,18)19/h2-5,8H,1H3,(H,20,22). The number of hydrogen-bond donors (Lipinski definition) is 1. The van der Waals surface area contributed by atoms with Gasteiger partial charge in [0.05, 0.1) is 0 Å². The number of amides is 1. The van der Waals surface area contributed by atoms with Crippen LogP contribution in [0.25, 0.3) is 0 Å². The largest absolute Gasteiger partial charge is 0.392 e. The van der Waals surface area contributed by atoms with Crippen molar-refractivity contribution in [1.82, 2.24) is 10.2 Å². The highest BCUT2D eigenvalue weighted by Crippen LogP contribution is 2.52. The molecule has 0 saturated heterocycles. The highest BCUT2D eigenvalue weighted by molar-refractivity contribution is 6.22. The summed E-state index contributed by atoms with van der Waals surface area (Å²) in [5.74, 6) is -12.4. The molecule has 0 aromatic rings. The van der Waals surface area contributed by atoms with E-state index in [0.717, 1.165) is 6.20 Å². The Kier molecular flexibility index (Phi) is 3.75. The van der Waals surface area contributed by atoms with Crippen molar-refractivity contribution in [2.24, 2.45) is 0 Å². The molecule has 122 valence electrons. The third-order valence-electron chi connectivity index (χ3n) is 3.13. The molecule has 0 spiro atoms. The van der Waals surface area contributed by atoms with Crippen LogP contribution in [0, 0.1) is 0 Å². The number of halogens is 7. The molecule has 0 aromatic heterocycles. The normalized spacial score (nSPS) is 22.8. The fourth-order valence-corrected chi connectivity index (χ4v) is 2.11. The van der Waals surface area contributed by atoms with Gasteiger partial charge in [-0.25, -0.2) is 0 Å². The number of allylic oxidation sites excluding steroid dienone is 3. The number of carbonyl (C=O) groups excluding carboxylic acids is 1. The number of hydrogen-bond acceptors (Lipinski definition) is 2. The summed E-state index contributed by atoms with van der Waals surface area (Å²) in [5.41, 5.74) is -0.993. The van der Waals surface area contributed by atoms with E-state index in [1.54, 1.807) is 6.92 Å². The molecule has 0 bridgehead atoms. The first-order valence-electron chi connectivity index (χ1n) is 5.88. The first-order valence-corrected chi connectivity index (χ1v) is 6.26. The van der Waals surface area contributed by atoms with Crippen molar-refractivity contribution in [2.75, 3.05) is 0 Å². The molecule has 0 saturated carbocycles. The second-order valence-corrected chi connectivity index (χ2v) is 5.24. The molecule has 1 unspecified atom stereocenters. The number of nitrogens with one attached hydrogen (secondary N) is 1. The van der Waals surface area contributed by atoms with Crippen LogP contribution in [0.1, 0.15) is 6.92 Å². The van der Waals surface area contributed by atoms with E-state index < -0.39 is 35.0 Å². The van der Waals surface area contributed by atoms with Gasteiger partial charge in [0.25, 0.3) is 0 Å². The van der Waals surface area contributed by atoms with E-state index in [1.165, 1.54) is 12.2 Å². The maximum Gasteiger partial charge on any atom is 0.392 e. The fourth-order valence-electron chi connectivity index (χ4n) is 1.99. The van der Waals surface area contributed by atoms with Gasteiger partial charge in [-0.15, -0.1) is 0 Å². The Morgan fingerprint density at radius 1 is 1.23 bits per heavy atom. The van der Waals surface area contributed by atoms with Crippen LogP contribution in [0.5, 0.6) is 0 Å². The first kappa shape index (κ1) is 16.7. The van der Waals surface area contributed by atoms with Gasteiger partial charge >= 0.3 is 17.2 Å². The van der Waals surface area contributed by atoms with E-state index in [0.29, 0.717) is 10.5 Å². The second-order valence-electron chi connectivity index (χ2n) is 4.76. The van der Waals surface area contributed by atoms with Gasteiger partial charge in [-0.3, -0.25) is 4.79 Å². The zero-order chi connectivity index (χ0) is 16.9. The lowest BCUT2D eigenvalue weighted by molar-refractivity contribution is -0.269. The van der Waals surface area contributed by atoms with Crippen molar-refractivity contribution in [2.45, 2.75) is 30.3 Å². The van der Waals surface area contributed by atoms with Gasteiger partial charge in [0.1, 0.15) is 11.9 Å². The molecule has 2 heterocycles. The highest BCUT2D eigenvalue weighted by atomic mass is 35.5. The Balaban J connectivity index is 2.50. The summed E-state index contributed by atoms with van der Waals surface area (Å²) in [6.07, 6.45) is 2.56. The maximum atomic E-state index is 14.0. The van der Waals surface area contributed by atoms with Crippen LogP contribution in [-0.4, -0.2) is 34.2 Å². The number of rotatable bonds is 3. The van der Waals surface area contributed by atoms with Crippen LogP contribution in [0.15, 0.2) is 35.7 Å². The minimum absolute atomic E-state index is 0.145. The smallest absolute Gasteiger partial charge is 0.329 e. The molecule has 10 heteroatoms. The molecular formula is C12H9ClF6N2O. The number of nitrogens with zero attached hydrogens (tertiary/aromatic N) is 1. The van der Waals surface area contributed by atoms with Crippen molar-refractivity contribution < 1.29 is 31.1 Å². The molecule has 1 amide bonds. The molecule has 22 heavy (non-hydrogen) atoms. The minimum Gasteiger partial charge on any atom is -0.329 e. The summed E-state index contributed by atoms with van der Waals surface area (Å²) in [4.78, 5) is 12.0. The molecule has 2 aliphatic heterocycles. The van der Waals surface area contributed by atoms with Crippen LogP contribution in [0.2, 0.25) is 0 Å². The average molecular weight is 347 g/mol. The molecule has 1 N–H and O–H groups in total. The fraction of sp³-hybridized carbons (Fsp3) is 0.417. The van der Waals surface area contributed by atoms with Gasteiger partial charge in [-0.1, -0.05) is 0 Å². The van der Waals surface area contributed by atoms with Crippen molar-refractivity contribution in [3.8, 4) is 0 Å². The summed E-state index contributed by atoms with van der Waals surface area (Å²) < 4.78 is 80.1. The third kappa shape index (κ3) is 2.47. The number of fused-ring (bicyclic) bond motifs is 1. The lowest BCUT2D eigenvalue weighted by atomic mass is 10.0. The van der Waals surface area contributed by atoms with Gasteiger partial charge in [-0.2, -0.15) is 26.3 Å². The Labute approximate surface area is 125 Å². The monoisotopic (exact) mass is 346 g/mol. The first-order chi connectivity index (χ1) is 9.88.